The van der Waals surface area contributed by atoms with Crippen molar-refractivity contribution in [2.75, 3.05) is 0 Å². The van der Waals surface area contributed by atoms with Crippen LogP contribution in [0.25, 0.3) is 0 Å². The molecule has 1 heterocycles. The highest BCUT2D eigenvalue weighted by atomic mass is 32.2. The lowest BCUT2D eigenvalue weighted by atomic mass is 9.95. The summed E-state index contributed by atoms with van der Waals surface area (Å²) in [5, 5.41) is 3.05. The molecule has 1 aliphatic heterocycles. The first-order valence-corrected chi connectivity index (χ1v) is 6.04. The third-order valence-corrected chi connectivity index (χ3v) is 3.86. The summed E-state index contributed by atoms with van der Waals surface area (Å²) in [5.41, 5.74) is 5.95. The van der Waals surface area contributed by atoms with E-state index in [0.717, 1.165) is 17.6 Å². The Kier molecular flexibility index (Phi) is 3.87. The second-order valence-corrected chi connectivity index (χ2v) is 5.89. The largest absolute Gasteiger partial charge is 0.326 e. The highest BCUT2D eigenvalue weighted by Gasteiger charge is 2.20. The summed E-state index contributed by atoms with van der Waals surface area (Å²) in [4.78, 5) is 0. The van der Waals surface area contributed by atoms with Gasteiger partial charge in [-0.2, -0.15) is 0 Å². The molecule has 13 heavy (non-hydrogen) atoms. The Bertz CT molecular complexity index is 181. The lowest BCUT2D eigenvalue weighted by Gasteiger charge is -2.20. The molecule has 0 fully saturated rings. The maximum absolute atomic E-state index is 5.93. The van der Waals surface area contributed by atoms with E-state index < -0.39 is 0 Å². The van der Waals surface area contributed by atoms with Gasteiger partial charge >= 0.3 is 0 Å². The maximum Gasteiger partial charge on any atom is 0.0149 e. The van der Waals surface area contributed by atoms with E-state index in [0.29, 0.717) is 0 Å². The molecule has 0 saturated carbocycles. The van der Waals surface area contributed by atoms with Crippen molar-refractivity contribution < 1.29 is 0 Å². The Morgan fingerprint density at radius 3 is 2.62 bits per heavy atom. The molecule has 2 atom stereocenters. The topological polar surface area (TPSA) is 26.0 Å². The van der Waals surface area contributed by atoms with E-state index >= 15 is 0 Å². The highest BCUT2D eigenvalue weighted by molar-refractivity contribution is 8.03. The molecule has 1 aliphatic rings. The molecule has 0 aromatic heterocycles. The Hall–Kier alpha value is 0.0500. The second-order valence-electron chi connectivity index (χ2n) is 4.74. The first kappa shape index (κ1) is 11.1. The fraction of sp³-hybridized carbons (Fsp3) is 0.818. The first-order valence-electron chi connectivity index (χ1n) is 5.10. The van der Waals surface area contributed by atoms with E-state index in [2.05, 4.69) is 32.3 Å². The van der Waals surface area contributed by atoms with E-state index in [9.17, 15) is 0 Å². The fourth-order valence-electron chi connectivity index (χ4n) is 1.61. The van der Waals surface area contributed by atoms with Crippen molar-refractivity contribution in [1.82, 2.24) is 0 Å². The summed E-state index contributed by atoms with van der Waals surface area (Å²) in [7, 11) is 0. The maximum atomic E-state index is 5.93. The minimum Gasteiger partial charge on any atom is -0.326 e. The normalized spacial score (nSPS) is 28.3. The summed E-state index contributed by atoms with van der Waals surface area (Å²) >= 11 is 1.98. The van der Waals surface area contributed by atoms with Gasteiger partial charge in [-0.15, -0.1) is 11.8 Å². The standard InChI is InChI=1S/C11H21NS/c1-9-6-8-13-10(9)5-4-7-11(2,3)12/h6,8-10H,4-5,7,12H2,1-3H3. The van der Waals surface area contributed by atoms with Gasteiger partial charge in [0.2, 0.25) is 0 Å². The van der Waals surface area contributed by atoms with Gasteiger partial charge in [-0.1, -0.05) is 19.4 Å². The number of allylic oxidation sites excluding steroid dienone is 1. The Morgan fingerprint density at radius 1 is 1.46 bits per heavy atom. The molecule has 0 bridgehead atoms. The van der Waals surface area contributed by atoms with Gasteiger partial charge in [-0.25, -0.2) is 0 Å². The third kappa shape index (κ3) is 4.19. The number of hydrogen-bond donors (Lipinski definition) is 1. The van der Waals surface area contributed by atoms with E-state index in [-0.39, 0.29) is 5.54 Å². The molecule has 0 aromatic carbocycles. The summed E-state index contributed by atoms with van der Waals surface area (Å²) < 4.78 is 0. The van der Waals surface area contributed by atoms with Gasteiger partial charge in [0.05, 0.1) is 0 Å². The summed E-state index contributed by atoms with van der Waals surface area (Å²) in [6, 6.07) is 0. The SMILES string of the molecule is CC1C=CSC1CCCC(C)(C)N. The van der Waals surface area contributed by atoms with Gasteiger partial charge in [-0.05, 0) is 38.0 Å². The predicted octanol–water partition coefficient (Wildman–Crippen LogP) is 3.16. The van der Waals surface area contributed by atoms with Crippen LogP contribution in [-0.4, -0.2) is 10.8 Å². The average molecular weight is 199 g/mol. The number of hydrogen-bond acceptors (Lipinski definition) is 2. The zero-order chi connectivity index (χ0) is 9.90. The first-order chi connectivity index (χ1) is 5.99. The summed E-state index contributed by atoms with van der Waals surface area (Å²) in [6.07, 6.45) is 6.01. The smallest absolute Gasteiger partial charge is 0.0149 e. The molecule has 2 N–H and O–H groups in total. The average Bonchev–Trinajstić information content (AvgIpc) is 2.34. The van der Waals surface area contributed by atoms with Crippen LogP contribution < -0.4 is 5.73 Å². The fourth-order valence-corrected chi connectivity index (χ4v) is 2.79. The number of rotatable bonds is 4. The van der Waals surface area contributed by atoms with Crippen LogP contribution in [-0.2, 0) is 0 Å². The van der Waals surface area contributed by atoms with Crippen LogP contribution in [0.15, 0.2) is 11.5 Å². The van der Waals surface area contributed by atoms with Crippen molar-refractivity contribution in [3.8, 4) is 0 Å². The molecule has 1 rings (SSSR count). The highest BCUT2D eigenvalue weighted by Crippen LogP contribution is 2.33. The molecule has 0 aromatic rings. The van der Waals surface area contributed by atoms with Crippen molar-refractivity contribution in [1.29, 1.82) is 0 Å². The zero-order valence-corrected chi connectivity index (χ0v) is 9.73. The molecule has 0 amide bonds. The molecule has 0 aliphatic carbocycles. The van der Waals surface area contributed by atoms with E-state index in [4.69, 9.17) is 5.73 Å². The van der Waals surface area contributed by atoms with Crippen LogP contribution in [0.2, 0.25) is 0 Å². The van der Waals surface area contributed by atoms with Crippen molar-refractivity contribution in [3.05, 3.63) is 11.5 Å². The molecule has 0 radical (unpaired) electrons. The lowest BCUT2D eigenvalue weighted by molar-refractivity contribution is 0.440. The van der Waals surface area contributed by atoms with Crippen molar-refractivity contribution >= 4 is 11.8 Å². The van der Waals surface area contributed by atoms with Crippen LogP contribution in [0, 0.1) is 5.92 Å². The second kappa shape index (κ2) is 4.52. The molecular formula is C11H21NS. The molecule has 2 heteroatoms. The molecule has 0 saturated heterocycles. The molecule has 0 spiro atoms. The summed E-state index contributed by atoms with van der Waals surface area (Å²) in [6.45, 7) is 6.52. The predicted molar refractivity (Wildman–Crippen MR) is 61.8 cm³/mol. The van der Waals surface area contributed by atoms with Crippen molar-refractivity contribution in [2.45, 2.75) is 50.8 Å². The zero-order valence-electron chi connectivity index (χ0n) is 8.92. The van der Waals surface area contributed by atoms with Gasteiger partial charge in [0.25, 0.3) is 0 Å². The monoisotopic (exact) mass is 199 g/mol. The Balaban J connectivity index is 2.13. The Morgan fingerprint density at radius 2 is 2.15 bits per heavy atom. The van der Waals surface area contributed by atoms with Crippen molar-refractivity contribution in [3.63, 3.8) is 0 Å². The van der Waals surface area contributed by atoms with Crippen LogP contribution in [0.1, 0.15) is 40.0 Å². The Labute approximate surface area is 86.2 Å². The number of thioether (sulfide) groups is 1. The third-order valence-electron chi connectivity index (χ3n) is 2.53. The molecular weight excluding hydrogens is 178 g/mol. The van der Waals surface area contributed by atoms with Gasteiger partial charge in [0, 0.05) is 10.8 Å². The van der Waals surface area contributed by atoms with Gasteiger partial charge in [0.1, 0.15) is 0 Å². The quantitative estimate of drug-likeness (QED) is 0.752. The van der Waals surface area contributed by atoms with E-state index in [1.807, 2.05) is 11.8 Å². The van der Waals surface area contributed by atoms with Crippen LogP contribution in [0.5, 0.6) is 0 Å². The van der Waals surface area contributed by atoms with E-state index in [1.54, 1.807) is 0 Å². The van der Waals surface area contributed by atoms with Gasteiger partial charge in [-0.3, -0.25) is 0 Å². The van der Waals surface area contributed by atoms with Crippen LogP contribution >= 0.6 is 11.8 Å². The minimum atomic E-state index is 0.0138. The molecule has 76 valence electrons. The molecule has 1 nitrogen and oxygen atoms in total. The van der Waals surface area contributed by atoms with E-state index in [1.165, 1.54) is 12.8 Å². The lowest BCUT2D eigenvalue weighted by Crippen LogP contribution is -2.31. The van der Waals surface area contributed by atoms with Crippen LogP contribution in [0.3, 0.4) is 0 Å². The van der Waals surface area contributed by atoms with Crippen molar-refractivity contribution in [2.24, 2.45) is 11.7 Å². The minimum absolute atomic E-state index is 0.0138. The summed E-state index contributed by atoms with van der Waals surface area (Å²) in [5.74, 6) is 0.755. The van der Waals surface area contributed by atoms with Crippen LogP contribution in [0.4, 0.5) is 0 Å². The van der Waals surface area contributed by atoms with Gasteiger partial charge < -0.3 is 5.73 Å². The molecule has 2 unspecified atom stereocenters. The van der Waals surface area contributed by atoms with Gasteiger partial charge in [0.15, 0.2) is 0 Å². The number of nitrogens with two attached hydrogens (primary N) is 1.